The van der Waals surface area contributed by atoms with Gasteiger partial charge in [0.25, 0.3) is 0 Å². The second-order valence-corrected chi connectivity index (χ2v) is 5.48. The van der Waals surface area contributed by atoms with Crippen LogP contribution in [0.3, 0.4) is 0 Å². The molecule has 0 aliphatic heterocycles. The first-order valence-corrected chi connectivity index (χ1v) is 7.46. The molecule has 108 valence electrons. The van der Waals surface area contributed by atoms with Gasteiger partial charge in [-0.2, -0.15) is 0 Å². The highest BCUT2D eigenvalue weighted by Crippen LogP contribution is 2.23. The number of hydrogen-bond donors (Lipinski definition) is 0. The summed E-state index contributed by atoms with van der Waals surface area (Å²) in [6, 6.07) is 8.40. The van der Waals surface area contributed by atoms with E-state index in [2.05, 4.69) is 46.8 Å². The van der Waals surface area contributed by atoms with Crippen molar-refractivity contribution in [1.29, 1.82) is 0 Å². The van der Waals surface area contributed by atoms with Crippen LogP contribution in [0.25, 0.3) is 0 Å². The van der Waals surface area contributed by atoms with Crippen LogP contribution in [0.4, 0.5) is 0 Å². The van der Waals surface area contributed by atoms with E-state index in [1.54, 1.807) is 0 Å². The first-order valence-electron chi connectivity index (χ1n) is 7.46. The van der Waals surface area contributed by atoms with Gasteiger partial charge in [0.05, 0.1) is 6.61 Å². The Morgan fingerprint density at radius 1 is 1.00 bits per heavy atom. The smallest absolute Gasteiger partial charge is 0.202 e. The molecule has 1 aromatic carbocycles. The number of hydrogen-bond acceptors (Lipinski definition) is 2. The van der Waals surface area contributed by atoms with Crippen molar-refractivity contribution in [1.82, 2.24) is 0 Å². The maximum atomic E-state index is 5.92. The molecule has 0 fully saturated rings. The van der Waals surface area contributed by atoms with Crippen molar-refractivity contribution in [3.05, 3.63) is 29.8 Å². The van der Waals surface area contributed by atoms with Crippen LogP contribution < -0.4 is 4.74 Å². The van der Waals surface area contributed by atoms with Gasteiger partial charge < -0.3 is 9.47 Å². The minimum atomic E-state index is -0.158. The molecule has 0 bridgehead atoms. The maximum absolute atomic E-state index is 5.92. The molecule has 0 heterocycles. The molecular weight excluding hydrogens is 236 g/mol. The van der Waals surface area contributed by atoms with Crippen LogP contribution in [0, 0.1) is 5.92 Å². The monoisotopic (exact) mass is 264 g/mol. The standard InChI is InChI=1S/C17H28O2/c1-6-12-18-17(13(3)4)19-16-10-8-15(9-11-16)14(5)7-2/h8-11,13-14,17H,6-7,12H2,1-5H3. The Kier molecular flexibility index (Phi) is 6.93. The first kappa shape index (κ1) is 16.0. The highest BCUT2D eigenvalue weighted by Gasteiger charge is 2.15. The lowest BCUT2D eigenvalue weighted by Gasteiger charge is -2.23. The zero-order valence-corrected chi connectivity index (χ0v) is 13.0. The summed E-state index contributed by atoms with van der Waals surface area (Å²) in [5, 5.41) is 0. The third kappa shape index (κ3) is 5.23. The molecule has 2 atom stereocenters. The van der Waals surface area contributed by atoms with Gasteiger partial charge >= 0.3 is 0 Å². The molecule has 0 spiro atoms. The van der Waals surface area contributed by atoms with E-state index < -0.39 is 0 Å². The summed E-state index contributed by atoms with van der Waals surface area (Å²) in [5.41, 5.74) is 1.37. The first-order chi connectivity index (χ1) is 9.08. The molecule has 0 radical (unpaired) electrons. The van der Waals surface area contributed by atoms with Crippen molar-refractivity contribution in [2.24, 2.45) is 5.92 Å². The van der Waals surface area contributed by atoms with Gasteiger partial charge in [-0.15, -0.1) is 0 Å². The van der Waals surface area contributed by atoms with Crippen LogP contribution in [0.5, 0.6) is 5.75 Å². The molecule has 2 unspecified atom stereocenters. The average molecular weight is 264 g/mol. The summed E-state index contributed by atoms with van der Waals surface area (Å²) in [5.74, 6) is 1.84. The van der Waals surface area contributed by atoms with E-state index >= 15 is 0 Å². The lowest BCUT2D eigenvalue weighted by molar-refractivity contribution is -0.107. The fraction of sp³-hybridized carbons (Fsp3) is 0.647. The molecule has 0 N–H and O–H groups in total. The number of benzene rings is 1. The van der Waals surface area contributed by atoms with Crippen molar-refractivity contribution in [3.8, 4) is 5.75 Å². The summed E-state index contributed by atoms with van der Waals surface area (Å²) in [4.78, 5) is 0. The molecule has 0 aromatic heterocycles. The van der Waals surface area contributed by atoms with Crippen LogP contribution in [0.2, 0.25) is 0 Å². The Balaban J connectivity index is 2.64. The van der Waals surface area contributed by atoms with E-state index in [1.165, 1.54) is 5.56 Å². The van der Waals surface area contributed by atoms with Gasteiger partial charge in [0.15, 0.2) is 0 Å². The Hall–Kier alpha value is -1.02. The Labute approximate surface area is 118 Å². The van der Waals surface area contributed by atoms with Gasteiger partial charge in [-0.1, -0.05) is 46.8 Å². The number of rotatable bonds is 8. The predicted molar refractivity (Wildman–Crippen MR) is 80.6 cm³/mol. The minimum Gasteiger partial charge on any atom is -0.465 e. The second-order valence-electron chi connectivity index (χ2n) is 5.48. The Morgan fingerprint density at radius 2 is 1.63 bits per heavy atom. The van der Waals surface area contributed by atoms with E-state index in [0.29, 0.717) is 11.8 Å². The lowest BCUT2D eigenvalue weighted by atomic mass is 9.99. The highest BCUT2D eigenvalue weighted by atomic mass is 16.7. The normalized spacial score (nSPS) is 14.4. The lowest BCUT2D eigenvalue weighted by Crippen LogP contribution is -2.27. The molecule has 0 amide bonds. The SMILES string of the molecule is CCCOC(Oc1ccc(C(C)CC)cc1)C(C)C. The van der Waals surface area contributed by atoms with E-state index in [9.17, 15) is 0 Å². The van der Waals surface area contributed by atoms with E-state index in [1.807, 2.05) is 12.1 Å². The topological polar surface area (TPSA) is 18.5 Å². The molecule has 0 aliphatic rings. The van der Waals surface area contributed by atoms with Gasteiger partial charge in [0.1, 0.15) is 5.75 Å². The molecular formula is C17H28O2. The fourth-order valence-corrected chi connectivity index (χ4v) is 1.84. The minimum absolute atomic E-state index is 0.158. The van der Waals surface area contributed by atoms with Crippen molar-refractivity contribution in [3.63, 3.8) is 0 Å². The van der Waals surface area contributed by atoms with Gasteiger partial charge in [0.2, 0.25) is 6.29 Å². The molecule has 19 heavy (non-hydrogen) atoms. The summed E-state index contributed by atoms with van der Waals surface area (Å²) in [6.45, 7) is 11.5. The predicted octanol–water partition coefficient (Wildman–Crippen LogP) is 4.99. The molecule has 0 saturated carbocycles. The number of ether oxygens (including phenoxy) is 2. The average Bonchev–Trinajstić information content (AvgIpc) is 2.43. The van der Waals surface area contributed by atoms with Crippen molar-refractivity contribution >= 4 is 0 Å². The fourth-order valence-electron chi connectivity index (χ4n) is 1.84. The summed E-state index contributed by atoms with van der Waals surface area (Å²) in [6.07, 6.45) is 2.02. The van der Waals surface area contributed by atoms with E-state index in [-0.39, 0.29) is 6.29 Å². The molecule has 1 aromatic rings. The van der Waals surface area contributed by atoms with Gasteiger partial charge in [-0.05, 0) is 36.5 Å². The summed E-state index contributed by atoms with van der Waals surface area (Å²) < 4.78 is 11.7. The van der Waals surface area contributed by atoms with Gasteiger partial charge in [-0.3, -0.25) is 0 Å². The molecule has 2 nitrogen and oxygen atoms in total. The van der Waals surface area contributed by atoms with Crippen LogP contribution in [-0.2, 0) is 4.74 Å². The maximum Gasteiger partial charge on any atom is 0.202 e. The largest absolute Gasteiger partial charge is 0.465 e. The molecule has 0 saturated heterocycles. The summed E-state index contributed by atoms with van der Waals surface area (Å²) in [7, 11) is 0. The van der Waals surface area contributed by atoms with Gasteiger partial charge in [-0.25, -0.2) is 0 Å². The van der Waals surface area contributed by atoms with Crippen LogP contribution in [0.15, 0.2) is 24.3 Å². The van der Waals surface area contributed by atoms with Crippen molar-refractivity contribution in [2.45, 2.75) is 59.7 Å². The van der Waals surface area contributed by atoms with Crippen molar-refractivity contribution in [2.75, 3.05) is 6.61 Å². The van der Waals surface area contributed by atoms with E-state index in [4.69, 9.17) is 9.47 Å². The zero-order chi connectivity index (χ0) is 14.3. The van der Waals surface area contributed by atoms with Crippen molar-refractivity contribution < 1.29 is 9.47 Å². The van der Waals surface area contributed by atoms with Crippen LogP contribution >= 0.6 is 0 Å². The molecule has 1 rings (SSSR count). The third-order valence-corrected chi connectivity index (χ3v) is 3.34. The van der Waals surface area contributed by atoms with Crippen LogP contribution in [-0.4, -0.2) is 12.9 Å². The second kappa shape index (κ2) is 8.21. The molecule has 0 aliphatic carbocycles. The van der Waals surface area contributed by atoms with Crippen LogP contribution in [0.1, 0.15) is 58.9 Å². The Bertz CT molecular complexity index is 343. The summed E-state index contributed by atoms with van der Waals surface area (Å²) >= 11 is 0. The quantitative estimate of drug-likeness (QED) is 0.616. The zero-order valence-electron chi connectivity index (χ0n) is 13.0. The highest BCUT2D eigenvalue weighted by molar-refractivity contribution is 5.29. The van der Waals surface area contributed by atoms with Gasteiger partial charge in [0, 0.05) is 5.92 Å². The molecule has 2 heteroatoms. The third-order valence-electron chi connectivity index (χ3n) is 3.34. The van der Waals surface area contributed by atoms with E-state index in [0.717, 1.165) is 25.2 Å². The Morgan fingerprint density at radius 3 is 2.11 bits per heavy atom.